The minimum Gasteiger partial charge on any atom is -0.479 e. The third-order valence-electron chi connectivity index (χ3n) is 3.73. The van der Waals surface area contributed by atoms with Crippen LogP contribution in [0.2, 0.25) is 0 Å². The van der Waals surface area contributed by atoms with Gasteiger partial charge in [-0.2, -0.15) is 4.98 Å². The normalized spacial score (nSPS) is 17.9. The maximum absolute atomic E-state index is 11.7. The van der Waals surface area contributed by atoms with Gasteiger partial charge in [-0.25, -0.2) is 4.79 Å². The van der Waals surface area contributed by atoms with Crippen LogP contribution in [0.3, 0.4) is 0 Å². The number of carboxylic acid groups (broad SMARTS) is 1. The van der Waals surface area contributed by atoms with Crippen molar-refractivity contribution in [1.82, 2.24) is 4.98 Å². The van der Waals surface area contributed by atoms with E-state index in [1.807, 2.05) is 35.7 Å². The van der Waals surface area contributed by atoms with E-state index in [-0.39, 0.29) is 0 Å². The monoisotopic (exact) mass is 300 g/mol. The zero-order valence-corrected chi connectivity index (χ0v) is 11.8. The fourth-order valence-corrected chi connectivity index (χ4v) is 3.68. The van der Waals surface area contributed by atoms with Gasteiger partial charge in [-0.05, 0) is 35.6 Å². The summed E-state index contributed by atoms with van der Waals surface area (Å²) in [5.74, 6) is -0.878. The van der Waals surface area contributed by atoms with Gasteiger partial charge in [-0.15, -0.1) is 11.3 Å². The Morgan fingerprint density at radius 3 is 3.05 bits per heavy atom. The third-order valence-corrected chi connectivity index (χ3v) is 4.72. The van der Waals surface area contributed by atoms with Crippen molar-refractivity contribution in [2.24, 2.45) is 0 Å². The molecule has 0 spiro atoms. The highest BCUT2D eigenvalue weighted by molar-refractivity contribution is 7.10. The van der Waals surface area contributed by atoms with Gasteiger partial charge in [0.2, 0.25) is 0 Å². The molecule has 4 rings (SSSR count). The first-order valence-corrected chi connectivity index (χ1v) is 7.53. The molecule has 0 saturated heterocycles. The Hall–Kier alpha value is -2.34. The number of carboxylic acids is 1. The Kier molecular flexibility index (Phi) is 2.71. The van der Waals surface area contributed by atoms with Gasteiger partial charge < -0.3 is 14.4 Å². The number of oxazole rings is 1. The number of thiophene rings is 1. The second kappa shape index (κ2) is 4.60. The van der Waals surface area contributed by atoms with E-state index in [0.29, 0.717) is 18.1 Å². The van der Waals surface area contributed by atoms with Crippen molar-refractivity contribution < 1.29 is 14.3 Å². The van der Waals surface area contributed by atoms with Gasteiger partial charge >= 0.3 is 5.97 Å². The van der Waals surface area contributed by atoms with Crippen LogP contribution in [0, 0.1) is 0 Å². The van der Waals surface area contributed by atoms with Gasteiger partial charge in [-0.1, -0.05) is 12.1 Å². The lowest BCUT2D eigenvalue weighted by Gasteiger charge is -2.31. The second-order valence-corrected chi connectivity index (χ2v) is 5.95. The number of hydrogen-bond acceptors (Lipinski definition) is 5. The number of fused-ring (bicyclic) bond motifs is 2. The van der Waals surface area contributed by atoms with E-state index in [1.54, 1.807) is 16.2 Å². The predicted molar refractivity (Wildman–Crippen MR) is 79.8 cm³/mol. The minimum atomic E-state index is -0.878. The van der Waals surface area contributed by atoms with Gasteiger partial charge in [0.05, 0.1) is 0 Å². The molecule has 1 unspecified atom stereocenters. The second-order valence-electron chi connectivity index (χ2n) is 4.95. The molecule has 1 N–H and O–H groups in total. The van der Waals surface area contributed by atoms with E-state index in [0.717, 1.165) is 22.4 Å². The molecule has 106 valence electrons. The number of hydrogen-bond donors (Lipinski definition) is 1. The maximum Gasteiger partial charge on any atom is 0.331 e. The first-order valence-electron chi connectivity index (χ1n) is 6.65. The molecule has 0 radical (unpaired) electrons. The van der Waals surface area contributed by atoms with Crippen molar-refractivity contribution in [3.05, 3.63) is 46.2 Å². The number of aliphatic carboxylic acids is 1. The van der Waals surface area contributed by atoms with Crippen LogP contribution < -0.4 is 4.90 Å². The summed E-state index contributed by atoms with van der Waals surface area (Å²) >= 11 is 1.61. The first kappa shape index (κ1) is 12.4. The predicted octanol–water partition coefficient (Wildman–Crippen LogP) is 3.08. The van der Waals surface area contributed by atoms with Crippen LogP contribution in [-0.4, -0.2) is 22.6 Å². The summed E-state index contributed by atoms with van der Waals surface area (Å²) in [6, 6.07) is 8.98. The van der Waals surface area contributed by atoms with Gasteiger partial charge in [0, 0.05) is 11.4 Å². The van der Waals surface area contributed by atoms with Gasteiger partial charge in [0.25, 0.3) is 6.01 Å². The Labute approximate surface area is 124 Å². The third kappa shape index (κ3) is 1.91. The minimum absolute atomic E-state index is 0.375. The van der Waals surface area contributed by atoms with E-state index < -0.39 is 12.0 Å². The summed E-state index contributed by atoms with van der Waals surface area (Å²) in [5.41, 5.74) is 2.27. The van der Waals surface area contributed by atoms with Crippen LogP contribution in [-0.2, 0) is 11.2 Å². The van der Waals surface area contributed by atoms with Gasteiger partial charge in [0.1, 0.15) is 5.52 Å². The fourth-order valence-electron chi connectivity index (χ4n) is 2.77. The van der Waals surface area contributed by atoms with E-state index >= 15 is 0 Å². The summed E-state index contributed by atoms with van der Waals surface area (Å²) in [6.07, 6.45) is 0.815. The molecule has 21 heavy (non-hydrogen) atoms. The van der Waals surface area contributed by atoms with Crippen LogP contribution in [0.15, 0.2) is 40.1 Å². The lowest BCUT2D eigenvalue weighted by molar-refractivity contribution is -0.139. The van der Waals surface area contributed by atoms with Crippen LogP contribution in [0.4, 0.5) is 6.01 Å². The molecule has 5 nitrogen and oxygen atoms in total. The molecule has 0 bridgehead atoms. The molecule has 1 aromatic carbocycles. The highest BCUT2D eigenvalue weighted by Crippen LogP contribution is 2.37. The van der Waals surface area contributed by atoms with E-state index in [2.05, 4.69) is 4.98 Å². The smallest absolute Gasteiger partial charge is 0.331 e. The molecular formula is C15H12N2O3S. The molecule has 1 aliphatic rings. The lowest BCUT2D eigenvalue weighted by atomic mass is 10.0. The average molecular weight is 300 g/mol. The summed E-state index contributed by atoms with van der Waals surface area (Å²) in [4.78, 5) is 19.0. The van der Waals surface area contributed by atoms with Crippen LogP contribution in [0.25, 0.3) is 11.1 Å². The van der Waals surface area contributed by atoms with Crippen molar-refractivity contribution >= 4 is 34.4 Å². The molecule has 2 aromatic heterocycles. The summed E-state index contributed by atoms with van der Waals surface area (Å²) in [7, 11) is 0. The number of nitrogens with zero attached hydrogens (tertiary/aromatic N) is 2. The summed E-state index contributed by atoms with van der Waals surface area (Å²) in [5, 5.41) is 11.5. The van der Waals surface area contributed by atoms with Crippen LogP contribution >= 0.6 is 11.3 Å². The zero-order chi connectivity index (χ0) is 14.4. The molecule has 3 aromatic rings. The molecule has 0 saturated carbocycles. The van der Waals surface area contributed by atoms with Crippen LogP contribution in [0.5, 0.6) is 0 Å². The average Bonchev–Trinajstić information content (AvgIpc) is 3.11. The Balaban J connectivity index is 1.82. The lowest BCUT2D eigenvalue weighted by Crippen LogP contribution is -2.39. The number of carbonyl (C=O) groups is 1. The fraction of sp³-hybridized carbons (Fsp3) is 0.200. The molecule has 0 amide bonds. The van der Waals surface area contributed by atoms with Crippen molar-refractivity contribution in [3.8, 4) is 0 Å². The first-order chi connectivity index (χ1) is 10.2. The standard InChI is InChI=1S/C15H12N2O3S/c18-14(19)13-9-6-8-21-12(9)5-7-17(13)15-16-10-3-1-2-4-11(10)20-15/h1-4,6,8,13H,5,7H2,(H,18,19). The van der Waals surface area contributed by atoms with E-state index in [1.165, 1.54) is 0 Å². The number of anilines is 1. The molecule has 1 atom stereocenters. The van der Waals surface area contributed by atoms with Crippen LogP contribution in [0.1, 0.15) is 16.5 Å². The summed E-state index contributed by atoms with van der Waals surface area (Å²) < 4.78 is 5.73. The number of benzene rings is 1. The highest BCUT2D eigenvalue weighted by Gasteiger charge is 2.36. The number of para-hydroxylation sites is 2. The van der Waals surface area contributed by atoms with Crippen molar-refractivity contribution in [3.63, 3.8) is 0 Å². The molecule has 0 fully saturated rings. The maximum atomic E-state index is 11.7. The van der Waals surface area contributed by atoms with E-state index in [4.69, 9.17) is 4.42 Å². The van der Waals surface area contributed by atoms with E-state index in [9.17, 15) is 9.90 Å². The number of rotatable bonds is 2. The molecular weight excluding hydrogens is 288 g/mol. The SMILES string of the molecule is O=C(O)C1c2ccsc2CCN1c1nc2ccccc2o1. The van der Waals surface area contributed by atoms with Crippen molar-refractivity contribution in [1.29, 1.82) is 0 Å². The molecule has 3 heterocycles. The van der Waals surface area contributed by atoms with Crippen molar-refractivity contribution in [2.45, 2.75) is 12.5 Å². The van der Waals surface area contributed by atoms with Gasteiger partial charge in [-0.3, -0.25) is 0 Å². The Bertz CT molecular complexity index is 790. The quantitative estimate of drug-likeness (QED) is 0.788. The van der Waals surface area contributed by atoms with Crippen molar-refractivity contribution in [2.75, 3.05) is 11.4 Å². The Morgan fingerprint density at radius 1 is 1.38 bits per heavy atom. The largest absolute Gasteiger partial charge is 0.479 e. The van der Waals surface area contributed by atoms with Gasteiger partial charge in [0.15, 0.2) is 11.6 Å². The molecule has 1 aliphatic heterocycles. The number of aromatic nitrogens is 1. The Morgan fingerprint density at radius 2 is 2.24 bits per heavy atom. The molecule has 0 aliphatic carbocycles. The summed E-state index contributed by atoms with van der Waals surface area (Å²) in [6.45, 7) is 0.595. The molecule has 6 heteroatoms. The topological polar surface area (TPSA) is 66.6 Å². The highest BCUT2D eigenvalue weighted by atomic mass is 32.1. The zero-order valence-electron chi connectivity index (χ0n) is 11.0.